The summed E-state index contributed by atoms with van der Waals surface area (Å²) in [5, 5.41) is 0. The molecule has 0 aliphatic carbocycles. The first kappa shape index (κ1) is 10.3. The molecule has 0 bridgehead atoms. The van der Waals surface area contributed by atoms with Crippen molar-refractivity contribution in [2.75, 3.05) is 12.5 Å². The first-order chi connectivity index (χ1) is 4.83. The standard InChI is InChI=1S/C8H12N2.ClH/c1-7-4-3-5-8(6-7)10-9-2;/h3-6,9-10H,1-2H3;1H. The van der Waals surface area contributed by atoms with Crippen LogP contribution in [0.2, 0.25) is 0 Å². The molecular weight excluding hydrogens is 160 g/mol. The van der Waals surface area contributed by atoms with Crippen LogP contribution in [-0.4, -0.2) is 7.05 Å². The summed E-state index contributed by atoms with van der Waals surface area (Å²) >= 11 is 0. The van der Waals surface area contributed by atoms with Gasteiger partial charge in [-0.2, -0.15) is 0 Å². The van der Waals surface area contributed by atoms with Crippen LogP contribution in [0.3, 0.4) is 0 Å². The molecule has 0 aliphatic heterocycles. The van der Waals surface area contributed by atoms with E-state index in [-0.39, 0.29) is 12.4 Å². The van der Waals surface area contributed by atoms with Crippen LogP contribution in [0.25, 0.3) is 0 Å². The van der Waals surface area contributed by atoms with Gasteiger partial charge < -0.3 is 5.43 Å². The predicted molar refractivity (Wildman–Crippen MR) is 51.1 cm³/mol. The maximum Gasteiger partial charge on any atom is 0.0490 e. The van der Waals surface area contributed by atoms with E-state index in [1.165, 1.54) is 5.56 Å². The molecule has 0 spiro atoms. The quantitative estimate of drug-likeness (QED) is 0.667. The predicted octanol–water partition coefficient (Wildman–Crippen LogP) is 1.96. The first-order valence-electron chi connectivity index (χ1n) is 3.32. The fourth-order valence-electron chi connectivity index (χ4n) is 0.867. The third-order valence-corrected chi connectivity index (χ3v) is 1.29. The zero-order chi connectivity index (χ0) is 7.40. The van der Waals surface area contributed by atoms with Crippen molar-refractivity contribution < 1.29 is 0 Å². The van der Waals surface area contributed by atoms with Gasteiger partial charge in [-0.3, -0.25) is 0 Å². The Kier molecular flexibility index (Phi) is 4.66. The van der Waals surface area contributed by atoms with E-state index in [0.717, 1.165) is 5.69 Å². The van der Waals surface area contributed by atoms with Crippen LogP contribution in [0.5, 0.6) is 0 Å². The van der Waals surface area contributed by atoms with E-state index in [2.05, 4.69) is 29.9 Å². The van der Waals surface area contributed by atoms with Crippen molar-refractivity contribution in [3.05, 3.63) is 29.8 Å². The van der Waals surface area contributed by atoms with Crippen molar-refractivity contribution in [2.45, 2.75) is 6.92 Å². The fourth-order valence-corrected chi connectivity index (χ4v) is 0.867. The van der Waals surface area contributed by atoms with Crippen molar-refractivity contribution >= 4 is 18.1 Å². The number of hydrogen-bond acceptors (Lipinski definition) is 2. The van der Waals surface area contributed by atoms with E-state index in [1.807, 2.05) is 19.2 Å². The van der Waals surface area contributed by atoms with E-state index in [9.17, 15) is 0 Å². The van der Waals surface area contributed by atoms with E-state index in [0.29, 0.717) is 0 Å². The maximum absolute atomic E-state index is 3.00. The highest BCUT2D eigenvalue weighted by Gasteiger charge is 1.86. The van der Waals surface area contributed by atoms with Crippen molar-refractivity contribution in [1.82, 2.24) is 5.43 Å². The molecular formula is C8H13ClN2. The Labute approximate surface area is 73.4 Å². The molecule has 2 nitrogen and oxygen atoms in total. The topological polar surface area (TPSA) is 24.1 Å². The lowest BCUT2D eigenvalue weighted by Gasteiger charge is -2.03. The third-order valence-electron chi connectivity index (χ3n) is 1.29. The molecule has 0 radical (unpaired) electrons. The van der Waals surface area contributed by atoms with Crippen LogP contribution in [0.4, 0.5) is 5.69 Å². The van der Waals surface area contributed by atoms with Crippen molar-refractivity contribution in [1.29, 1.82) is 0 Å². The summed E-state index contributed by atoms with van der Waals surface area (Å²) in [5.74, 6) is 0. The molecule has 0 atom stereocenters. The van der Waals surface area contributed by atoms with Gasteiger partial charge in [0.15, 0.2) is 0 Å². The number of hydrogen-bond donors (Lipinski definition) is 2. The van der Waals surface area contributed by atoms with Crippen LogP contribution in [0.15, 0.2) is 24.3 Å². The number of hydrazine groups is 1. The third kappa shape index (κ3) is 3.25. The maximum atomic E-state index is 3.00. The summed E-state index contributed by atoms with van der Waals surface area (Å²) in [6.07, 6.45) is 0. The van der Waals surface area contributed by atoms with Gasteiger partial charge in [0.2, 0.25) is 0 Å². The average molecular weight is 173 g/mol. The zero-order valence-corrected chi connectivity index (χ0v) is 7.53. The first-order valence-corrected chi connectivity index (χ1v) is 3.32. The SMILES string of the molecule is CNNc1cccc(C)c1.Cl. The van der Waals surface area contributed by atoms with E-state index in [4.69, 9.17) is 0 Å². The molecule has 2 N–H and O–H groups in total. The van der Waals surface area contributed by atoms with E-state index < -0.39 is 0 Å². The Morgan fingerprint density at radius 3 is 2.55 bits per heavy atom. The summed E-state index contributed by atoms with van der Waals surface area (Å²) in [4.78, 5) is 0. The minimum absolute atomic E-state index is 0. The van der Waals surface area contributed by atoms with Crippen molar-refractivity contribution in [3.63, 3.8) is 0 Å². The van der Waals surface area contributed by atoms with E-state index >= 15 is 0 Å². The monoisotopic (exact) mass is 172 g/mol. The Morgan fingerprint density at radius 1 is 1.27 bits per heavy atom. The highest BCUT2D eigenvalue weighted by atomic mass is 35.5. The lowest BCUT2D eigenvalue weighted by Crippen LogP contribution is -2.14. The van der Waals surface area contributed by atoms with Gasteiger partial charge in [-0.05, 0) is 24.6 Å². The number of aryl methyl sites for hydroxylation is 1. The normalized spacial score (nSPS) is 8.55. The lowest BCUT2D eigenvalue weighted by molar-refractivity contribution is 0.983. The number of benzene rings is 1. The molecule has 0 unspecified atom stereocenters. The largest absolute Gasteiger partial charge is 0.322 e. The highest BCUT2D eigenvalue weighted by Crippen LogP contribution is 2.07. The molecule has 1 rings (SSSR count). The average Bonchev–Trinajstić information content (AvgIpc) is 1.88. The molecule has 0 aromatic heterocycles. The number of rotatable bonds is 2. The summed E-state index contributed by atoms with van der Waals surface area (Å²) in [7, 11) is 1.85. The van der Waals surface area contributed by atoms with Crippen LogP contribution in [0.1, 0.15) is 5.56 Å². The molecule has 0 aliphatic rings. The molecule has 0 fully saturated rings. The molecule has 0 amide bonds. The Morgan fingerprint density at radius 2 is 2.00 bits per heavy atom. The summed E-state index contributed by atoms with van der Waals surface area (Å²) in [6.45, 7) is 2.07. The van der Waals surface area contributed by atoms with Crippen molar-refractivity contribution in [3.8, 4) is 0 Å². The fraction of sp³-hybridized carbons (Fsp3) is 0.250. The van der Waals surface area contributed by atoms with Crippen LogP contribution in [0, 0.1) is 6.92 Å². The number of anilines is 1. The summed E-state index contributed by atoms with van der Waals surface area (Å²) in [5.41, 5.74) is 8.22. The number of nitrogens with one attached hydrogen (secondary N) is 2. The van der Waals surface area contributed by atoms with Gasteiger partial charge in [-0.15, -0.1) is 12.4 Å². The second-order valence-electron chi connectivity index (χ2n) is 2.24. The van der Waals surface area contributed by atoms with Crippen LogP contribution >= 0.6 is 12.4 Å². The smallest absolute Gasteiger partial charge is 0.0490 e. The van der Waals surface area contributed by atoms with Gasteiger partial charge in [0.1, 0.15) is 0 Å². The highest BCUT2D eigenvalue weighted by molar-refractivity contribution is 5.85. The molecule has 0 heterocycles. The lowest BCUT2D eigenvalue weighted by atomic mass is 10.2. The zero-order valence-electron chi connectivity index (χ0n) is 6.72. The van der Waals surface area contributed by atoms with Gasteiger partial charge in [-0.25, -0.2) is 5.43 Å². The summed E-state index contributed by atoms with van der Waals surface area (Å²) in [6, 6.07) is 8.19. The van der Waals surface area contributed by atoms with Crippen LogP contribution in [-0.2, 0) is 0 Å². The Bertz CT molecular complexity index is 213. The van der Waals surface area contributed by atoms with Crippen LogP contribution < -0.4 is 10.9 Å². The molecule has 0 saturated heterocycles. The van der Waals surface area contributed by atoms with Gasteiger partial charge in [-0.1, -0.05) is 12.1 Å². The van der Waals surface area contributed by atoms with Gasteiger partial charge in [0, 0.05) is 12.7 Å². The minimum atomic E-state index is 0. The van der Waals surface area contributed by atoms with Gasteiger partial charge in [0.25, 0.3) is 0 Å². The van der Waals surface area contributed by atoms with Gasteiger partial charge >= 0.3 is 0 Å². The minimum Gasteiger partial charge on any atom is -0.322 e. The second-order valence-corrected chi connectivity index (χ2v) is 2.24. The number of halogens is 1. The van der Waals surface area contributed by atoms with Crippen molar-refractivity contribution in [2.24, 2.45) is 0 Å². The Balaban J connectivity index is 0.000001000. The molecule has 0 saturated carbocycles. The molecule has 62 valence electrons. The van der Waals surface area contributed by atoms with E-state index in [1.54, 1.807) is 0 Å². The van der Waals surface area contributed by atoms with Gasteiger partial charge in [0.05, 0.1) is 0 Å². The molecule has 11 heavy (non-hydrogen) atoms. The molecule has 3 heteroatoms. The molecule has 1 aromatic carbocycles. The Hall–Kier alpha value is -0.730. The second kappa shape index (κ2) is 4.99. The molecule has 1 aromatic rings. The summed E-state index contributed by atoms with van der Waals surface area (Å²) < 4.78 is 0.